The van der Waals surface area contributed by atoms with Gasteiger partial charge in [0, 0.05) is 6.07 Å². The molecule has 0 saturated carbocycles. The highest BCUT2D eigenvalue weighted by atomic mass is 16.5. The van der Waals surface area contributed by atoms with Crippen molar-refractivity contribution < 1.29 is 14.2 Å². The number of fused-ring (bicyclic) bond motifs is 1. The van der Waals surface area contributed by atoms with Crippen molar-refractivity contribution in [2.45, 2.75) is 45.1 Å². The molecule has 3 rings (SSSR count). The monoisotopic (exact) mass is 291 g/mol. The van der Waals surface area contributed by atoms with Gasteiger partial charge < -0.3 is 19.5 Å². The number of nitrogens with one attached hydrogen (secondary N) is 1. The molecule has 21 heavy (non-hydrogen) atoms. The number of aryl methyl sites for hydroxylation is 1. The summed E-state index contributed by atoms with van der Waals surface area (Å²) in [6, 6.07) is 4.12. The van der Waals surface area contributed by atoms with E-state index in [-0.39, 0.29) is 5.60 Å². The molecule has 4 heteroatoms. The zero-order valence-corrected chi connectivity index (χ0v) is 13.0. The van der Waals surface area contributed by atoms with Crippen LogP contribution in [0.4, 0.5) is 0 Å². The maximum Gasteiger partial charge on any atom is 0.164 e. The van der Waals surface area contributed by atoms with Gasteiger partial charge in [-0.05, 0) is 64.3 Å². The molecule has 1 saturated heterocycles. The number of hydrogen-bond acceptors (Lipinski definition) is 4. The molecule has 0 unspecified atom stereocenters. The first-order valence-corrected chi connectivity index (χ1v) is 8.08. The summed E-state index contributed by atoms with van der Waals surface area (Å²) in [7, 11) is 0. The van der Waals surface area contributed by atoms with Gasteiger partial charge in [-0.15, -0.1) is 0 Å². The third kappa shape index (κ3) is 2.95. The maximum atomic E-state index is 6.40. The highest BCUT2D eigenvalue weighted by Crippen LogP contribution is 2.43. The average Bonchev–Trinajstić information content (AvgIpc) is 2.50. The average molecular weight is 291 g/mol. The Morgan fingerprint density at radius 3 is 2.38 bits per heavy atom. The Labute approximate surface area is 126 Å². The largest absolute Gasteiger partial charge is 0.490 e. The standard InChI is InChI=1S/C17H25NO3/c1-3-19-15-11-13-5-6-17(7-9-18-10-8-17)21-14(13)12-16(15)20-4-2/h11-12,18H,3-10H2,1-2H3. The number of rotatable bonds is 4. The van der Waals surface area contributed by atoms with Crippen LogP contribution in [0, 0.1) is 0 Å². The zero-order valence-electron chi connectivity index (χ0n) is 13.0. The number of piperidine rings is 1. The molecule has 1 aromatic rings. The van der Waals surface area contributed by atoms with Crippen LogP contribution in [0.2, 0.25) is 0 Å². The van der Waals surface area contributed by atoms with Crippen molar-refractivity contribution in [1.82, 2.24) is 5.32 Å². The number of hydrogen-bond donors (Lipinski definition) is 1. The number of benzene rings is 1. The summed E-state index contributed by atoms with van der Waals surface area (Å²) < 4.78 is 17.8. The quantitative estimate of drug-likeness (QED) is 0.926. The first-order chi connectivity index (χ1) is 10.3. The summed E-state index contributed by atoms with van der Waals surface area (Å²) in [6.07, 6.45) is 4.33. The molecule has 0 atom stereocenters. The van der Waals surface area contributed by atoms with Crippen molar-refractivity contribution in [3.63, 3.8) is 0 Å². The van der Waals surface area contributed by atoms with Gasteiger partial charge in [0.1, 0.15) is 11.4 Å². The van der Waals surface area contributed by atoms with Crippen molar-refractivity contribution in [3.8, 4) is 17.2 Å². The van der Waals surface area contributed by atoms with Crippen molar-refractivity contribution in [2.75, 3.05) is 26.3 Å². The molecule has 1 N–H and O–H groups in total. The van der Waals surface area contributed by atoms with E-state index in [1.54, 1.807) is 0 Å². The molecule has 116 valence electrons. The van der Waals surface area contributed by atoms with Crippen LogP contribution in [0.5, 0.6) is 17.2 Å². The van der Waals surface area contributed by atoms with Gasteiger partial charge in [-0.2, -0.15) is 0 Å². The van der Waals surface area contributed by atoms with Crippen LogP contribution in [0.1, 0.15) is 38.7 Å². The fourth-order valence-corrected chi connectivity index (χ4v) is 3.29. The molecule has 4 nitrogen and oxygen atoms in total. The Kier molecular flexibility index (Phi) is 4.24. The van der Waals surface area contributed by atoms with Gasteiger partial charge in [0.15, 0.2) is 11.5 Å². The van der Waals surface area contributed by atoms with Crippen LogP contribution in [-0.2, 0) is 6.42 Å². The molecular weight excluding hydrogens is 266 g/mol. The van der Waals surface area contributed by atoms with Crippen molar-refractivity contribution in [3.05, 3.63) is 17.7 Å². The fourth-order valence-electron chi connectivity index (χ4n) is 3.29. The van der Waals surface area contributed by atoms with Crippen LogP contribution < -0.4 is 19.5 Å². The van der Waals surface area contributed by atoms with Crippen molar-refractivity contribution >= 4 is 0 Å². The van der Waals surface area contributed by atoms with Gasteiger partial charge >= 0.3 is 0 Å². The second kappa shape index (κ2) is 6.14. The van der Waals surface area contributed by atoms with E-state index in [0.717, 1.165) is 56.0 Å². The lowest BCUT2D eigenvalue weighted by molar-refractivity contribution is 0.0166. The Bertz CT molecular complexity index is 495. The van der Waals surface area contributed by atoms with Crippen molar-refractivity contribution in [2.24, 2.45) is 0 Å². The van der Waals surface area contributed by atoms with Gasteiger partial charge in [-0.3, -0.25) is 0 Å². The second-order valence-electron chi connectivity index (χ2n) is 5.81. The first kappa shape index (κ1) is 14.5. The molecule has 1 fully saturated rings. The lowest BCUT2D eigenvalue weighted by atomic mass is 9.83. The number of ether oxygens (including phenoxy) is 3. The Balaban J connectivity index is 1.88. The molecule has 0 radical (unpaired) electrons. The van der Waals surface area contributed by atoms with Gasteiger partial charge in [0.2, 0.25) is 0 Å². The molecule has 1 spiro atoms. The van der Waals surface area contributed by atoms with Crippen LogP contribution in [0.25, 0.3) is 0 Å². The predicted molar refractivity (Wildman–Crippen MR) is 82.6 cm³/mol. The van der Waals surface area contributed by atoms with E-state index in [4.69, 9.17) is 14.2 Å². The topological polar surface area (TPSA) is 39.7 Å². The highest BCUT2D eigenvalue weighted by Gasteiger charge is 2.38. The second-order valence-corrected chi connectivity index (χ2v) is 5.81. The molecule has 2 aliphatic heterocycles. The minimum atomic E-state index is 0.0227. The molecule has 2 heterocycles. The Hall–Kier alpha value is -1.42. The van der Waals surface area contributed by atoms with Gasteiger partial charge in [0.25, 0.3) is 0 Å². The van der Waals surface area contributed by atoms with E-state index in [1.165, 1.54) is 5.56 Å². The molecule has 0 amide bonds. The minimum Gasteiger partial charge on any atom is -0.490 e. The zero-order chi connectivity index (χ0) is 14.7. The smallest absolute Gasteiger partial charge is 0.164 e. The van der Waals surface area contributed by atoms with Gasteiger partial charge in [-0.25, -0.2) is 0 Å². The van der Waals surface area contributed by atoms with Crippen LogP contribution in [-0.4, -0.2) is 31.9 Å². The lowest BCUT2D eigenvalue weighted by Gasteiger charge is -2.41. The van der Waals surface area contributed by atoms with Crippen LogP contribution >= 0.6 is 0 Å². The molecule has 2 aliphatic rings. The van der Waals surface area contributed by atoms with Crippen LogP contribution in [0.15, 0.2) is 12.1 Å². The van der Waals surface area contributed by atoms with E-state index in [9.17, 15) is 0 Å². The lowest BCUT2D eigenvalue weighted by Crippen LogP contribution is -2.48. The summed E-state index contributed by atoms with van der Waals surface area (Å²) in [5.41, 5.74) is 1.26. The predicted octanol–water partition coefficient (Wildman–Crippen LogP) is 2.93. The first-order valence-electron chi connectivity index (χ1n) is 8.08. The highest BCUT2D eigenvalue weighted by molar-refractivity contribution is 5.52. The third-order valence-corrected chi connectivity index (χ3v) is 4.42. The maximum absolute atomic E-state index is 6.40. The van der Waals surface area contributed by atoms with E-state index in [1.807, 2.05) is 19.9 Å². The fraction of sp³-hybridized carbons (Fsp3) is 0.647. The molecule has 0 aromatic heterocycles. The van der Waals surface area contributed by atoms with E-state index in [2.05, 4.69) is 11.4 Å². The molecular formula is C17H25NO3. The van der Waals surface area contributed by atoms with E-state index in [0.29, 0.717) is 13.2 Å². The minimum absolute atomic E-state index is 0.0227. The summed E-state index contributed by atoms with van der Waals surface area (Å²) in [6.45, 7) is 7.36. The van der Waals surface area contributed by atoms with Crippen LogP contribution in [0.3, 0.4) is 0 Å². The normalized spacial score (nSPS) is 19.7. The Morgan fingerprint density at radius 1 is 1.05 bits per heavy atom. The molecule has 0 aliphatic carbocycles. The SMILES string of the molecule is CCOc1cc2c(cc1OCC)OC1(CCNCC1)CC2. The van der Waals surface area contributed by atoms with Crippen molar-refractivity contribution in [1.29, 1.82) is 0 Å². The van der Waals surface area contributed by atoms with E-state index < -0.39 is 0 Å². The van der Waals surface area contributed by atoms with E-state index >= 15 is 0 Å². The summed E-state index contributed by atoms with van der Waals surface area (Å²) >= 11 is 0. The summed E-state index contributed by atoms with van der Waals surface area (Å²) in [5, 5.41) is 3.41. The molecule has 1 aromatic carbocycles. The molecule has 0 bridgehead atoms. The third-order valence-electron chi connectivity index (χ3n) is 4.42. The van der Waals surface area contributed by atoms with Gasteiger partial charge in [0.05, 0.1) is 13.2 Å². The summed E-state index contributed by atoms with van der Waals surface area (Å²) in [5.74, 6) is 2.61. The van der Waals surface area contributed by atoms with Gasteiger partial charge in [-0.1, -0.05) is 0 Å². The summed E-state index contributed by atoms with van der Waals surface area (Å²) in [4.78, 5) is 0. The Morgan fingerprint density at radius 2 is 1.71 bits per heavy atom.